The van der Waals surface area contributed by atoms with E-state index in [1.54, 1.807) is 0 Å². The number of esters is 1. The molecule has 1 N–H and O–H groups in total. The Morgan fingerprint density at radius 2 is 1.89 bits per heavy atom. The minimum absolute atomic E-state index is 0.0949. The van der Waals surface area contributed by atoms with Gasteiger partial charge in [0.05, 0.1) is 7.11 Å². The molecule has 0 aromatic heterocycles. The average Bonchev–Trinajstić information content (AvgIpc) is 2.86. The highest BCUT2D eigenvalue weighted by molar-refractivity contribution is 5.75. The molecular formula is C13H22N2O4. The average molecular weight is 270 g/mol. The molecule has 0 spiro atoms. The molecule has 6 nitrogen and oxygen atoms in total. The van der Waals surface area contributed by atoms with E-state index in [-0.39, 0.29) is 12.0 Å². The topological polar surface area (TPSA) is 70.1 Å². The maximum absolute atomic E-state index is 11.7. The van der Waals surface area contributed by atoms with E-state index >= 15 is 0 Å². The number of amides is 1. The van der Waals surface area contributed by atoms with Crippen molar-refractivity contribution in [1.82, 2.24) is 9.80 Å². The molecular weight excluding hydrogens is 248 g/mol. The van der Waals surface area contributed by atoms with Crippen molar-refractivity contribution in [2.75, 3.05) is 33.3 Å². The van der Waals surface area contributed by atoms with E-state index in [0.29, 0.717) is 19.0 Å². The summed E-state index contributed by atoms with van der Waals surface area (Å²) in [5.74, 6) is 0.348. The van der Waals surface area contributed by atoms with E-state index in [9.17, 15) is 9.59 Å². The Labute approximate surface area is 113 Å². The Morgan fingerprint density at radius 3 is 2.47 bits per heavy atom. The Balaban J connectivity index is 1.82. The standard InChI is InChI=1S/C13H22N2O4/c1-19-12(16)11-3-2-6-15(11)9-10-4-7-14(8-5-10)13(17)18/h10-11H,2-9H2,1H3,(H,17,18)/t11-/m1/s1. The number of ether oxygens (including phenoxy) is 1. The molecule has 0 aromatic carbocycles. The first-order valence-electron chi connectivity index (χ1n) is 6.91. The Kier molecular flexibility index (Phi) is 4.63. The Bertz CT molecular complexity index is 340. The van der Waals surface area contributed by atoms with Crippen molar-refractivity contribution in [3.8, 4) is 0 Å². The van der Waals surface area contributed by atoms with Gasteiger partial charge < -0.3 is 14.7 Å². The van der Waals surface area contributed by atoms with Crippen LogP contribution in [0.2, 0.25) is 0 Å². The summed E-state index contributed by atoms with van der Waals surface area (Å²) in [6, 6.07) is -0.0949. The third kappa shape index (κ3) is 3.37. The summed E-state index contributed by atoms with van der Waals surface area (Å²) in [5, 5.41) is 8.91. The van der Waals surface area contributed by atoms with Crippen molar-refractivity contribution in [3.63, 3.8) is 0 Å². The second-order valence-electron chi connectivity index (χ2n) is 5.39. The summed E-state index contributed by atoms with van der Waals surface area (Å²) in [6.07, 6.45) is 2.86. The number of likely N-dealkylation sites (tertiary alicyclic amines) is 2. The lowest BCUT2D eigenvalue weighted by Gasteiger charge is -2.33. The molecule has 0 aliphatic carbocycles. The van der Waals surface area contributed by atoms with E-state index in [1.165, 1.54) is 12.0 Å². The van der Waals surface area contributed by atoms with Crippen LogP contribution in [0.5, 0.6) is 0 Å². The minimum Gasteiger partial charge on any atom is -0.468 e. The molecule has 2 saturated heterocycles. The Hall–Kier alpha value is -1.30. The molecule has 0 unspecified atom stereocenters. The molecule has 2 aliphatic rings. The van der Waals surface area contributed by atoms with E-state index in [0.717, 1.165) is 38.8 Å². The number of rotatable bonds is 3. The predicted molar refractivity (Wildman–Crippen MR) is 68.9 cm³/mol. The lowest BCUT2D eigenvalue weighted by molar-refractivity contribution is -0.146. The van der Waals surface area contributed by atoms with Gasteiger partial charge in [0.15, 0.2) is 0 Å². The van der Waals surface area contributed by atoms with E-state index in [2.05, 4.69) is 4.90 Å². The molecule has 0 aromatic rings. The van der Waals surface area contributed by atoms with Crippen LogP contribution in [0.25, 0.3) is 0 Å². The first kappa shape index (κ1) is 14.1. The van der Waals surface area contributed by atoms with Crippen LogP contribution < -0.4 is 0 Å². The molecule has 6 heteroatoms. The van der Waals surface area contributed by atoms with Crippen LogP contribution in [0.3, 0.4) is 0 Å². The highest BCUT2D eigenvalue weighted by Crippen LogP contribution is 2.24. The normalized spacial score (nSPS) is 25.5. The first-order chi connectivity index (χ1) is 9.11. The molecule has 1 atom stereocenters. The number of nitrogens with zero attached hydrogens (tertiary/aromatic N) is 2. The second kappa shape index (κ2) is 6.23. The van der Waals surface area contributed by atoms with Gasteiger partial charge in [0.25, 0.3) is 0 Å². The summed E-state index contributed by atoms with van der Waals surface area (Å²) in [4.78, 5) is 26.2. The summed E-state index contributed by atoms with van der Waals surface area (Å²) >= 11 is 0. The van der Waals surface area contributed by atoms with Gasteiger partial charge in [-0.3, -0.25) is 9.69 Å². The van der Waals surface area contributed by atoms with Crippen molar-refractivity contribution >= 4 is 12.1 Å². The number of carbonyl (C=O) groups excluding carboxylic acids is 1. The van der Waals surface area contributed by atoms with Crippen LogP contribution >= 0.6 is 0 Å². The largest absolute Gasteiger partial charge is 0.468 e. The van der Waals surface area contributed by atoms with Crippen LogP contribution in [0.1, 0.15) is 25.7 Å². The van der Waals surface area contributed by atoms with Crippen LogP contribution in [0.4, 0.5) is 4.79 Å². The van der Waals surface area contributed by atoms with Gasteiger partial charge in [-0.1, -0.05) is 0 Å². The number of hydrogen-bond donors (Lipinski definition) is 1. The molecule has 2 heterocycles. The molecule has 108 valence electrons. The summed E-state index contributed by atoms with van der Waals surface area (Å²) < 4.78 is 4.84. The van der Waals surface area contributed by atoms with E-state index in [1.807, 2.05) is 0 Å². The van der Waals surface area contributed by atoms with Crippen molar-refractivity contribution in [2.24, 2.45) is 5.92 Å². The molecule has 0 radical (unpaired) electrons. The molecule has 2 rings (SSSR count). The van der Waals surface area contributed by atoms with Gasteiger partial charge in [-0.25, -0.2) is 4.79 Å². The smallest absolute Gasteiger partial charge is 0.407 e. The number of piperidine rings is 1. The number of carboxylic acid groups (broad SMARTS) is 1. The van der Waals surface area contributed by atoms with Gasteiger partial charge in [-0.05, 0) is 38.1 Å². The molecule has 19 heavy (non-hydrogen) atoms. The van der Waals surface area contributed by atoms with Gasteiger partial charge >= 0.3 is 12.1 Å². The molecule has 0 saturated carbocycles. The molecule has 2 fully saturated rings. The zero-order valence-corrected chi connectivity index (χ0v) is 11.4. The van der Waals surface area contributed by atoms with Gasteiger partial charge in [-0.2, -0.15) is 0 Å². The SMILES string of the molecule is COC(=O)[C@H]1CCCN1CC1CCN(C(=O)O)CC1. The van der Waals surface area contributed by atoms with Gasteiger partial charge in [0, 0.05) is 19.6 Å². The van der Waals surface area contributed by atoms with Gasteiger partial charge in [-0.15, -0.1) is 0 Å². The van der Waals surface area contributed by atoms with Crippen molar-refractivity contribution in [1.29, 1.82) is 0 Å². The summed E-state index contributed by atoms with van der Waals surface area (Å²) in [5.41, 5.74) is 0. The van der Waals surface area contributed by atoms with Crippen LogP contribution in [-0.2, 0) is 9.53 Å². The third-order valence-corrected chi connectivity index (χ3v) is 4.21. The van der Waals surface area contributed by atoms with E-state index in [4.69, 9.17) is 9.84 Å². The maximum atomic E-state index is 11.7. The number of hydrogen-bond acceptors (Lipinski definition) is 4. The van der Waals surface area contributed by atoms with E-state index < -0.39 is 6.09 Å². The van der Waals surface area contributed by atoms with Crippen molar-refractivity contribution in [3.05, 3.63) is 0 Å². The zero-order valence-electron chi connectivity index (χ0n) is 11.4. The number of carbonyl (C=O) groups is 2. The Morgan fingerprint density at radius 1 is 1.21 bits per heavy atom. The monoisotopic (exact) mass is 270 g/mol. The lowest BCUT2D eigenvalue weighted by Crippen LogP contribution is -2.44. The predicted octanol–water partition coefficient (Wildman–Crippen LogP) is 1.01. The third-order valence-electron chi connectivity index (χ3n) is 4.21. The number of methoxy groups -OCH3 is 1. The quantitative estimate of drug-likeness (QED) is 0.775. The van der Waals surface area contributed by atoms with Crippen LogP contribution in [0.15, 0.2) is 0 Å². The lowest BCUT2D eigenvalue weighted by atomic mass is 9.96. The first-order valence-corrected chi connectivity index (χ1v) is 6.91. The maximum Gasteiger partial charge on any atom is 0.407 e. The van der Waals surface area contributed by atoms with Crippen molar-refractivity contribution in [2.45, 2.75) is 31.7 Å². The fraction of sp³-hybridized carbons (Fsp3) is 0.846. The van der Waals surface area contributed by atoms with Crippen molar-refractivity contribution < 1.29 is 19.4 Å². The van der Waals surface area contributed by atoms with Gasteiger partial charge in [0.1, 0.15) is 6.04 Å². The highest BCUT2D eigenvalue weighted by Gasteiger charge is 2.33. The second-order valence-corrected chi connectivity index (χ2v) is 5.39. The minimum atomic E-state index is -0.827. The summed E-state index contributed by atoms with van der Waals surface area (Å²) in [6.45, 7) is 3.04. The molecule has 1 amide bonds. The highest BCUT2D eigenvalue weighted by atomic mass is 16.5. The van der Waals surface area contributed by atoms with Crippen LogP contribution in [-0.4, -0.2) is 66.3 Å². The zero-order chi connectivity index (χ0) is 13.8. The van der Waals surface area contributed by atoms with Crippen LogP contribution in [0, 0.1) is 5.92 Å². The van der Waals surface area contributed by atoms with Gasteiger partial charge in [0.2, 0.25) is 0 Å². The molecule has 0 bridgehead atoms. The fourth-order valence-electron chi connectivity index (χ4n) is 3.09. The fourth-order valence-corrected chi connectivity index (χ4v) is 3.09. The molecule has 2 aliphatic heterocycles. The summed E-state index contributed by atoms with van der Waals surface area (Å²) in [7, 11) is 1.43.